The molecule has 26 heavy (non-hydrogen) atoms. The lowest BCUT2D eigenvalue weighted by Crippen LogP contribution is -2.36. The molecule has 7 heteroatoms. The lowest BCUT2D eigenvalue weighted by Gasteiger charge is -2.25. The van der Waals surface area contributed by atoms with Crippen LogP contribution in [0.25, 0.3) is 5.57 Å². The van der Waals surface area contributed by atoms with Crippen LogP contribution in [-0.4, -0.2) is 38.9 Å². The molecule has 2 aromatic rings. The van der Waals surface area contributed by atoms with Gasteiger partial charge < -0.3 is 5.32 Å². The van der Waals surface area contributed by atoms with Crippen molar-refractivity contribution in [2.75, 3.05) is 25.0 Å². The maximum absolute atomic E-state index is 12.2. The third-order valence-corrected chi connectivity index (χ3v) is 5.16. The first-order chi connectivity index (χ1) is 12.4. The minimum absolute atomic E-state index is 0.0243. The summed E-state index contributed by atoms with van der Waals surface area (Å²) in [6.45, 7) is 1.75. The predicted octanol–water partition coefficient (Wildman–Crippen LogP) is 2.06. The van der Waals surface area contributed by atoms with Crippen molar-refractivity contribution in [3.05, 3.63) is 66.2 Å². The average molecular weight is 371 g/mol. The molecule has 6 nitrogen and oxygen atoms in total. The molecule has 0 saturated heterocycles. The molecule has 0 bridgehead atoms. The third kappa shape index (κ3) is 4.78. The van der Waals surface area contributed by atoms with E-state index in [0.29, 0.717) is 12.2 Å². The Balaban J connectivity index is 1.57. The molecule has 136 valence electrons. The Bertz CT molecular complexity index is 924. The predicted molar refractivity (Wildman–Crippen MR) is 102 cm³/mol. The summed E-state index contributed by atoms with van der Waals surface area (Å²) in [5.41, 5.74) is 2.93. The lowest BCUT2D eigenvalue weighted by molar-refractivity contribution is -0.117. The molecule has 1 heterocycles. The number of carbonyl (C=O) groups is 1. The van der Waals surface area contributed by atoms with Crippen LogP contribution in [0, 0.1) is 0 Å². The Labute approximate surface area is 153 Å². The fourth-order valence-electron chi connectivity index (χ4n) is 2.92. The van der Waals surface area contributed by atoms with E-state index in [9.17, 15) is 13.2 Å². The summed E-state index contributed by atoms with van der Waals surface area (Å²) < 4.78 is 22.8. The van der Waals surface area contributed by atoms with E-state index in [2.05, 4.69) is 23.5 Å². The van der Waals surface area contributed by atoms with Crippen LogP contribution in [0.1, 0.15) is 12.0 Å². The molecule has 0 fully saturated rings. The van der Waals surface area contributed by atoms with Gasteiger partial charge in [-0.15, -0.1) is 0 Å². The van der Waals surface area contributed by atoms with Crippen molar-refractivity contribution in [3.63, 3.8) is 0 Å². The number of anilines is 1. The van der Waals surface area contributed by atoms with E-state index < -0.39 is 10.0 Å². The summed E-state index contributed by atoms with van der Waals surface area (Å²) >= 11 is 0. The van der Waals surface area contributed by atoms with Crippen LogP contribution in [0.15, 0.2) is 65.6 Å². The van der Waals surface area contributed by atoms with Crippen molar-refractivity contribution in [1.82, 2.24) is 4.90 Å². The van der Waals surface area contributed by atoms with E-state index in [0.717, 1.165) is 13.0 Å². The van der Waals surface area contributed by atoms with Gasteiger partial charge in [-0.1, -0.05) is 42.5 Å². The summed E-state index contributed by atoms with van der Waals surface area (Å²) in [5, 5.41) is 7.83. The number of nitrogens with two attached hydrogens (primary N) is 1. The number of rotatable bonds is 5. The highest BCUT2D eigenvalue weighted by Crippen LogP contribution is 2.22. The number of nitrogens with one attached hydrogen (secondary N) is 1. The maximum atomic E-state index is 12.2. The Kier molecular flexibility index (Phi) is 5.51. The van der Waals surface area contributed by atoms with E-state index in [4.69, 9.17) is 5.14 Å². The van der Waals surface area contributed by atoms with Gasteiger partial charge in [0.2, 0.25) is 15.9 Å². The number of primary sulfonamides is 1. The van der Waals surface area contributed by atoms with E-state index in [1.807, 2.05) is 23.1 Å². The normalized spacial score (nSPS) is 15.3. The van der Waals surface area contributed by atoms with Crippen molar-refractivity contribution < 1.29 is 13.2 Å². The second kappa shape index (κ2) is 7.82. The third-order valence-electron chi connectivity index (χ3n) is 4.25. The van der Waals surface area contributed by atoms with Crippen LogP contribution in [0.5, 0.6) is 0 Å². The highest BCUT2D eigenvalue weighted by atomic mass is 32.2. The van der Waals surface area contributed by atoms with Crippen LogP contribution in [-0.2, 0) is 14.8 Å². The second-order valence-corrected chi connectivity index (χ2v) is 7.76. The first-order valence-corrected chi connectivity index (χ1v) is 9.86. The zero-order chi connectivity index (χ0) is 18.6. The van der Waals surface area contributed by atoms with Crippen LogP contribution >= 0.6 is 0 Å². The Morgan fingerprint density at radius 2 is 1.88 bits per heavy atom. The zero-order valence-electron chi connectivity index (χ0n) is 14.3. The Hall–Kier alpha value is -2.48. The van der Waals surface area contributed by atoms with Gasteiger partial charge in [0.05, 0.1) is 11.4 Å². The summed E-state index contributed by atoms with van der Waals surface area (Å²) in [7, 11) is -3.79. The highest BCUT2D eigenvalue weighted by molar-refractivity contribution is 7.89. The van der Waals surface area contributed by atoms with Crippen molar-refractivity contribution >= 4 is 27.2 Å². The largest absolute Gasteiger partial charge is 0.325 e. The van der Waals surface area contributed by atoms with Gasteiger partial charge >= 0.3 is 0 Å². The number of carbonyl (C=O) groups excluding carboxylic acids is 1. The number of hydrogen-bond donors (Lipinski definition) is 2. The zero-order valence-corrected chi connectivity index (χ0v) is 15.1. The highest BCUT2D eigenvalue weighted by Gasteiger charge is 2.16. The van der Waals surface area contributed by atoms with Gasteiger partial charge in [-0.3, -0.25) is 9.69 Å². The quantitative estimate of drug-likeness (QED) is 0.841. The van der Waals surface area contributed by atoms with E-state index in [1.54, 1.807) is 12.1 Å². The molecule has 0 aromatic heterocycles. The SMILES string of the molecule is NS(=O)(=O)c1cccc(NC(=O)CN2CC=C(c3ccccc3)CC2)c1. The molecule has 1 aliphatic rings. The molecular weight excluding hydrogens is 350 g/mol. The minimum atomic E-state index is -3.79. The minimum Gasteiger partial charge on any atom is -0.325 e. The van der Waals surface area contributed by atoms with Crippen molar-refractivity contribution in [2.45, 2.75) is 11.3 Å². The summed E-state index contributed by atoms with van der Waals surface area (Å²) in [5.74, 6) is -0.187. The number of amides is 1. The van der Waals surface area contributed by atoms with Gasteiger partial charge in [0, 0.05) is 18.8 Å². The molecule has 0 spiro atoms. The van der Waals surface area contributed by atoms with Crippen LogP contribution in [0.4, 0.5) is 5.69 Å². The molecule has 0 atom stereocenters. The molecule has 0 saturated carbocycles. The Morgan fingerprint density at radius 3 is 2.54 bits per heavy atom. The second-order valence-electron chi connectivity index (χ2n) is 6.20. The van der Waals surface area contributed by atoms with Gasteiger partial charge in [0.1, 0.15) is 0 Å². The molecule has 0 radical (unpaired) electrons. The number of benzene rings is 2. The molecule has 1 aliphatic heterocycles. The Morgan fingerprint density at radius 1 is 1.12 bits per heavy atom. The smallest absolute Gasteiger partial charge is 0.238 e. The first-order valence-electron chi connectivity index (χ1n) is 8.31. The standard InChI is InChI=1S/C19H21N3O3S/c20-26(24,25)18-8-4-7-17(13-18)21-19(23)14-22-11-9-16(10-12-22)15-5-2-1-3-6-15/h1-9,13H,10-12,14H2,(H,21,23)(H2,20,24,25). The molecule has 0 unspecified atom stereocenters. The molecule has 0 aliphatic carbocycles. The maximum Gasteiger partial charge on any atom is 0.238 e. The van der Waals surface area contributed by atoms with Gasteiger partial charge in [-0.05, 0) is 35.8 Å². The van der Waals surface area contributed by atoms with E-state index >= 15 is 0 Å². The summed E-state index contributed by atoms with van der Waals surface area (Å²) in [4.78, 5) is 14.3. The monoisotopic (exact) mass is 371 g/mol. The number of sulfonamides is 1. The molecule has 3 N–H and O–H groups in total. The van der Waals surface area contributed by atoms with Gasteiger partial charge in [-0.2, -0.15) is 0 Å². The first kappa shape index (κ1) is 18.3. The van der Waals surface area contributed by atoms with Crippen molar-refractivity contribution in [1.29, 1.82) is 0 Å². The topological polar surface area (TPSA) is 92.5 Å². The average Bonchev–Trinajstić information content (AvgIpc) is 2.62. The fraction of sp³-hybridized carbons (Fsp3) is 0.211. The van der Waals surface area contributed by atoms with Gasteiger partial charge in [-0.25, -0.2) is 13.6 Å². The molecular formula is C19H21N3O3S. The molecule has 3 rings (SSSR count). The lowest BCUT2D eigenvalue weighted by atomic mass is 10.00. The van der Waals surface area contributed by atoms with Crippen molar-refractivity contribution in [2.24, 2.45) is 5.14 Å². The fourth-order valence-corrected chi connectivity index (χ4v) is 3.48. The van der Waals surface area contributed by atoms with E-state index in [1.165, 1.54) is 23.3 Å². The van der Waals surface area contributed by atoms with E-state index in [-0.39, 0.29) is 17.3 Å². The number of nitrogens with zero attached hydrogens (tertiary/aromatic N) is 1. The van der Waals surface area contributed by atoms with Crippen LogP contribution in [0.2, 0.25) is 0 Å². The van der Waals surface area contributed by atoms with Crippen LogP contribution in [0.3, 0.4) is 0 Å². The number of hydrogen-bond acceptors (Lipinski definition) is 4. The van der Waals surface area contributed by atoms with Crippen molar-refractivity contribution in [3.8, 4) is 0 Å². The van der Waals surface area contributed by atoms with Gasteiger partial charge in [0.15, 0.2) is 0 Å². The summed E-state index contributed by atoms with van der Waals surface area (Å²) in [6, 6.07) is 16.1. The van der Waals surface area contributed by atoms with Gasteiger partial charge in [0.25, 0.3) is 0 Å². The molecule has 2 aromatic carbocycles. The summed E-state index contributed by atoms with van der Waals surface area (Å²) in [6.07, 6.45) is 3.03. The molecule has 1 amide bonds. The van der Waals surface area contributed by atoms with Crippen LogP contribution < -0.4 is 10.5 Å².